The summed E-state index contributed by atoms with van der Waals surface area (Å²) in [5.74, 6) is -1.36. The van der Waals surface area contributed by atoms with E-state index in [0.29, 0.717) is 13.2 Å². The van der Waals surface area contributed by atoms with Crippen LogP contribution in [0.15, 0.2) is 42.5 Å². The SMILES string of the molecule is CCOC(=O)[C@@H]1[C@H]2C=C[C@@]3(CN([C@@H](C)c4ccccc4)C(=O)[C@@H]13)O2. The minimum absolute atomic E-state index is 0.0174. The molecule has 3 aliphatic rings. The van der Waals surface area contributed by atoms with Gasteiger partial charge in [-0.25, -0.2) is 0 Å². The molecule has 1 aromatic carbocycles. The zero-order valence-electron chi connectivity index (χ0n) is 13.8. The number of hydrogen-bond acceptors (Lipinski definition) is 4. The van der Waals surface area contributed by atoms with Crippen LogP contribution >= 0.6 is 0 Å². The van der Waals surface area contributed by atoms with Crippen LogP contribution in [0, 0.1) is 11.8 Å². The van der Waals surface area contributed by atoms with E-state index >= 15 is 0 Å². The number of amides is 1. The lowest BCUT2D eigenvalue weighted by Crippen LogP contribution is -2.40. The first-order valence-corrected chi connectivity index (χ1v) is 8.46. The van der Waals surface area contributed by atoms with Crippen molar-refractivity contribution in [1.29, 1.82) is 0 Å². The van der Waals surface area contributed by atoms with Crippen LogP contribution in [0.25, 0.3) is 0 Å². The lowest BCUT2D eigenvalue weighted by Gasteiger charge is -2.27. The second-order valence-electron chi connectivity index (χ2n) is 6.70. The molecule has 0 saturated carbocycles. The topological polar surface area (TPSA) is 55.8 Å². The maximum atomic E-state index is 13.1. The molecule has 4 rings (SSSR count). The van der Waals surface area contributed by atoms with Gasteiger partial charge in [0.05, 0.1) is 31.2 Å². The molecule has 1 amide bonds. The molecule has 0 aliphatic carbocycles. The van der Waals surface area contributed by atoms with Gasteiger partial charge in [0.2, 0.25) is 5.91 Å². The molecule has 0 N–H and O–H groups in total. The monoisotopic (exact) mass is 327 g/mol. The summed E-state index contributed by atoms with van der Waals surface area (Å²) in [7, 11) is 0. The highest BCUT2D eigenvalue weighted by atomic mass is 16.6. The summed E-state index contributed by atoms with van der Waals surface area (Å²) in [5, 5.41) is 0. The lowest BCUT2D eigenvalue weighted by atomic mass is 9.77. The highest BCUT2D eigenvalue weighted by molar-refractivity contribution is 5.91. The Kier molecular flexibility index (Phi) is 3.49. The molecule has 24 heavy (non-hydrogen) atoms. The molecule has 3 heterocycles. The molecule has 2 fully saturated rings. The number of ether oxygens (including phenoxy) is 2. The first kappa shape index (κ1) is 15.4. The van der Waals surface area contributed by atoms with Gasteiger partial charge < -0.3 is 14.4 Å². The Bertz CT molecular complexity index is 701. The molecule has 1 spiro atoms. The van der Waals surface area contributed by atoms with E-state index in [9.17, 15) is 9.59 Å². The van der Waals surface area contributed by atoms with Crippen LogP contribution < -0.4 is 0 Å². The fourth-order valence-electron chi connectivity index (χ4n) is 4.27. The fourth-order valence-corrected chi connectivity index (χ4v) is 4.27. The van der Waals surface area contributed by atoms with E-state index in [1.807, 2.05) is 54.3 Å². The van der Waals surface area contributed by atoms with Crippen molar-refractivity contribution in [3.63, 3.8) is 0 Å². The average molecular weight is 327 g/mol. The van der Waals surface area contributed by atoms with Crippen molar-refractivity contribution in [2.45, 2.75) is 31.6 Å². The minimum atomic E-state index is -0.678. The van der Waals surface area contributed by atoms with E-state index in [0.717, 1.165) is 5.56 Å². The first-order chi connectivity index (χ1) is 11.6. The Labute approximate surface area is 141 Å². The number of nitrogens with zero attached hydrogens (tertiary/aromatic N) is 1. The number of carbonyl (C=O) groups excluding carboxylic acids is 2. The number of hydrogen-bond donors (Lipinski definition) is 0. The molecule has 1 aromatic rings. The molecule has 5 heteroatoms. The van der Waals surface area contributed by atoms with Crippen LogP contribution in [-0.2, 0) is 19.1 Å². The third kappa shape index (κ3) is 2.04. The van der Waals surface area contributed by atoms with Crippen molar-refractivity contribution < 1.29 is 19.1 Å². The van der Waals surface area contributed by atoms with Gasteiger partial charge in [-0.3, -0.25) is 9.59 Å². The smallest absolute Gasteiger partial charge is 0.312 e. The van der Waals surface area contributed by atoms with Crippen molar-refractivity contribution >= 4 is 11.9 Å². The van der Waals surface area contributed by atoms with E-state index in [1.165, 1.54) is 0 Å². The van der Waals surface area contributed by atoms with E-state index in [-0.39, 0.29) is 24.0 Å². The van der Waals surface area contributed by atoms with Crippen LogP contribution in [0.4, 0.5) is 0 Å². The molecule has 0 radical (unpaired) electrons. The van der Waals surface area contributed by atoms with Gasteiger partial charge in [-0.1, -0.05) is 42.5 Å². The van der Waals surface area contributed by atoms with Crippen molar-refractivity contribution in [1.82, 2.24) is 4.90 Å². The van der Waals surface area contributed by atoms with Gasteiger partial charge in [-0.2, -0.15) is 0 Å². The summed E-state index contributed by atoms with van der Waals surface area (Å²) in [6.45, 7) is 4.58. The molecule has 0 unspecified atom stereocenters. The number of likely N-dealkylation sites (tertiary alicyclic amines) is 1. The number of rotatable bonds is 4. The highest BCUT2D eigenvalue weighted by Crippen LogP contribution is 2.53. The summed E-state index contributed by atoms with van der Waals surface area (Å²) >= 11 is 0. The number of esters is 1. The molecule has 5 atom stereocenters. The van der Waals surface area contributed by atoms with Crippen molar-refractivity contribution in [2.75, 3.05) is 13.2 Å². The zero-order valence-corrected chi connectivity index (χ0v) is 13.8. The minimum Gasteiger partial charge on any atom is -0.466 e. The van der Waals surface area contributed by atoms with Crippen molar-refractivity contribution in [3.8, 4) is 0 Å². The zero-order chi connectivity index (χ0) is 16.9. The van der Waals surface area contributed by atoms with Gasteiger partial charge >= 0.3 is 5.97 Å². The van der Waals surface area contributed by atoms with E-state index < -0.39 is 17.4 Å². The first-order valence-electron chi connectivity index (χ1n) is 8.46. The van der Waals surface area contributed by atoms with Crippen LogP contribution in [-0.4, -0.2) is 41.6 Å². The molecule has 5 nitrogen and oxygen atoms in total. The van der Waals surface area contributed by atoms with Crippen LogP contribution in [0.2, 0.25) is 0 Å². The second-order valence-corrected chi connectivity index (χ2v) is 6.70. The average Bonchev–Trinajstić information content (AvgIpc) is 3.23. The lowest BCUT2D eigenvalue weighted by molar-refractivity contribution is -0.153. The standard InChI is InChI=1S/C19H21NO4/c1-3-23-18(22)15-14-9-10-19(24-14)11-20(17(21)16(15)19)12(2)13-7-5-4-6-8-13/h4-10,12,14-16H,3,11H2,1-2H3/t12-,14+,15+,16+,19-/m0/s1. The van der Waals surface area contributed by atoms with Crippen molar-refractivity contribution in [3.05, 3.63) is 48.0 Å². The molecular weight excluding hydrogens is 306 g/mol. The fraction of sp³-hybridized carbons (Fsp3) is 0.474. The summed E-state index contributed by atoms with van der Waals surface area (Å²) in [4.78, 5) is 27.3. The predicted octanol–water partition coefficient (Wildman–Crippen LogP) is 2.09. The number of benzene rings is 1. The maximum Gasteiger partial charge on any atom is 0.312 e. The molecule has 2 bridgehead atoms. The Morgan fingerprint density at radius 1 is 1.42 bits per heavy atom. The van der Waals surface area contributed by atoms with Gasteiger partial charge in [0.1, 0.15) is 11.5 Å². The largest absolute Gasteiger partial charge is 0.466 e. The summed E-state index contributed by atoms with van der Waals surface area (Å²) < 4.78 is 11.3. The molecule has 0 aromatic heterocycles. The van der Waals surface area contributed by atoms with E-state index in [1.54, 1.807) is 6.92 Å². The number of carbonyl (C=O) groups is 2. The highest BCUT2D eigenvalue weighted by Gasteiger charge is 2.67. The second kappa shape index (κ2) is 5.45. The third-order valence-electron chi connectivity index (χ3n) is 5.44. The van der Waals surface area contributed by atoms with Gasteiger partial charge in [-0.05, 0) is 19.4 Å². The van der Waals surface area contributed by atoms with Gasteiger partial charge in [0.15, 0.2) is 0 Å². The van der Waals surface area contributed by atoms with E-state index in [2.05, 4.69) is 0 Å². The Morgan fingerprint density at radius 3 is 2.88 bits per heavy atom. The summed E-state index contributed by atoms with van der Waals surface area (Å²) in [6.07, 6.45) is 3.53. The Balaban J connectivity index is 1.64. The molecule has 3 aliphatic heterocycles. The number of fused-ring (bicyclic) bond motifs is 1. The van der Waals surface area contributed by atoms with Crippen LogP contribution in [0.5, 0.6) is 0 Å². The summed E-state index contributed by atoms with van der Waals surface area (Å²) in [6, 6.07) is 9.86. The van der Waals surface area contributed by atoms with Crippen LogP contribution in [0.1, 0.15) is 25.5 Å². The molecule has 126 valence electrons. The third-order valence-corrected chi connectivity index (χ3v) is 5.44. The van der Waals surface area contributed by atoms with Gasteiger partial charge in [0, 0.05) is 0 Å². The van der Waals surface area contributed by atoms with Crippen molar-refractivity contribution in [2.24, 2.45) is 11.8 Å². The maximum absolute atomic E-state index is 13.1. The normalized spacial score (nSPS) is 34.5. The molecular formula is C19H21NO4. The quantitative estimate of drug-likeness (QED) is 0.628. The Hall–Kier alpha value is -2.14. The molecule has 2 saturated heterocycles. The van der Waals surface area contributed by atoms with Gasteiger partial charge in [0.25, 0.3) is 0 Å². The predicted molar refractivity (Wildman–Crippen MR) is 86.9 cm³/mol. The van der Waals surface area contributed by atoms with Gasteiger partial charge in [-0.15, -0.1) is 0 Å². The summed E-state index contributed by atoms with van der Waals surface area (Å²) in [5.41, 5.74) is 0.399. The Morgan fingerprint density at radius 2 is 2.17 bits per heavy atom. The van der Waals surface area contributed by atoms with E-state index in [4.69, 9.17) is 9.47 Å². The van der Waals surface area contributed by atoms with Crippen LogP contribution in [0.3, 0.4) is 0 Å².